The number of nitrogens with zero attached hydrogens (tertiary/aromatic N) is 3. The summed E-state index contributed by atoms with van der Waals surface area (Å²) in [4.78, 5) is 8.91. The zero-order chi connectivity index (χ0) is 13.1. The first-order chi connectivity index (χ1) is 9.34. The minimum absolute atomic E-state index is 0.381. The molecule has 0 N–H and O–H groups in total. The molecular weight excluding hydrogens is 254 g/mol. The lowest BCUT2D eigenvalue weighted by atomic mass is 9.90. The van der Waals surface area contributed by atoms with E-state index in [0.717, 1.165) is 6.67 Å². The molecule has 1 atom stereocenters. The molecule has 0 saturated heterocycles. The van der Waals surface area contributed by atoms with Crippen molar-refractivity contribution in [1.29, 1.82) is 0 Å². The zero-order valence-electron chi connectivity index (χ0n) is 11.2. The zero-order valence-corrected chi connectivity index (χ0v) is 12.1. The molecule has 4 heteroatoms. The lowest BCUT2D eigenvalue weighted by Crippen LogP contribution is -2.15. The van der Waals surface area contributed by atoms with E-state index in [2.05, 4.69) is 33.5 Å². The van der Waals surface area contributed by atoms with Gasteiger partial charge in [0.15, 0.2) is 0 Å². The van der Waals surface area contributed by atoms with Crippen molar-refractivity contribution in [3.8, 4) is 0 Å². The fourth-order valence-corrected chi connectivity index (χ4v) is 3.72. The number of aryl methyl sites for hydroxylation is 1. The van der Waals surface area contributed by atoms with Crippen molar-refractivity contribution in [2.75, 3.05) is 6.67 Å². The van der Waals surface area contributed by atoms with Gasteiger partial charge in [-0.3, -0.25) is 9.98 Å². The van der Waals surface area contributed by atoms with Crippen LogP contribution in [0.2, 0.25) is 0 Å². The normalized spacial score (nSPS) is 19.3. The number of aromatic nitrogens is 1. The fourth-order valence-electron chi connectivity index (χ4n) is 2.73. The van der Waals surface area contributed by atoms with E-state index in [0.29, 0.717) is 5.25 Å². The number of rotatable bonds is 3. The molecule has 3 rings (SSSR count). The van der Waals surface area contributed by atoms with Crippen LogP contribution in [0.5, 0.6) is 0 Å². The summed E-state index contributed by atoms with van der Waals surface area (Å²) in [6, 6.07) is 2.19. The van der Waals surface area contributed by atoms with Gasteiger partial charge in [0, 0.05) is 18.6 Å². The van der Waals surface area contributed by atoms with Crippen LogP contribution < -0.4 is 0 Å². The maximum absolute atomic E-state index is 4.65. The predicted molar refractivity (Wildman–Crippen MR) is 81.2 cm³/mol. The highest BCUT2D eigenvalue weighted by atomic mass is 32.2. The average molecular weight is 273 g/mol. The number of hydrogen-bond acceptors (Lipinski definition) is 4. The summed E-state index contributed by atoms with van der Waals surface area (Å²) in [7, 11) is 0. The van der Waals surface area contributed by atoms with E-state index in [4.69, 9.17) is 0 Å². The highest BCUT2D eigenvalue weighted by molar-refractivity contribution is 7.97. The van der Waals surface area contributed by atoms with Crippen LogP contribution in [0.4, 0.5) is 0 Å². The first kappa shape index (κ1) is 12.7. The van der Waals surface area contributed by atoms with Crippen molar-refractivity contribution in [1.82, 2.24) is 9.29 Å². The molecule has 0 radical (unpaired) electrons. The first-order valence-corrected chi connectivity index (χ1v) is 7.75. The summed E-state index contributed by atoms with van der Waals surface area (Å²) in [5.74, 6) is 0. The Balaban J connectivity index is 1.77. The summed E-state index contributed by atoms with van der Waals surface area (Å²) in [6.07, 6.45) is 12.9. The van der Waals surface area contributed by atoms with Crippen molar-refractivity contribution in [3.63, 3.8) is 0 Å². The molecule has 1 aliphatic heterocycles. The second kappa shape index (κ2) is 5.78. The molecule has 3 nitrogen and oxygen atoms in total. The first-order valence-electron chi connectivity index (χ1n) is 6.91. The van der Waals surface area contributed by atoms with Crippen LogP contribution in [0.25, 0.3) is 0 Å². The molecule has 0 aromatic carbocycles. The maximum atomic E-state index is 4.65. The van der Waals surface area contributed by atoms with E-state index in [1.807, 2.05) is 30.4 Å². The van der Waals surface area contributed by atoms with E-state index >= 15 is 0 Å². The maximum Gasteiger partial charge on any atom is 0.120 e. The number of allylic oxidation sites excluding steroid dienone is 1. The van der Waals surface area contributed by atoms with Gasteiger partial charge in [-0.05, 0) is 67.8 Å². The lowest BCUT2D eigenvalue weighted by molar-refractivity contribution is 0.628. The van der Waals surface area contributed by atoms with Crippen LogP contribution in [0.3, 0.4) is 0 Å². The molecule has 0 amide bonds. The predicted octanol–water partition coefficient (Wildman–Crippen LogP) is 3.53. The number of aliphatic imine (C=N–C) groups is 1. The van der Waals surface area contributed by atoms with Crippen LogP contribution in [0.15, 0.2) is 29.5 Å². The van der Waals surface area contributed by atoms with Crippen LogP contribution in [-0.4, -0.2) is 22.2 Å². The van der Waals surface area contributed by atoms with Gasteiger partial charge < -0.3 is 4.31 Å². The van der Waals surface area contributed by atoms with E-state index in [1.54, 1.807) is 0 Å². The van der Waals surface area contributed by atoms with Gasteiger partial charge in [-0.25, -0.2) is 0 Å². The fraction of sp³-hybridized carbons (Fsp3) is 0.467. The topological polar surface area (TPSA) is 28.5 Å². The Labute approximate surface area is 119 Å². The molecule has 2 aliphatic rings. The van der Waals surface area contributed by atoms with Gasteiger partial charge in [0.1, 0.15) is 6.67 Å². The molecule has 1 unspecified atom stereocenters. The van der Waals surface area contributed by atoms with Crippen LogP contribution in [0.1, 0.15) is 41.8 Å². The third kappa shape index (κ3) is 2.84. The van der Waals surface area contributed by atoms with Crippen molar-refractivity contribution < 1.29 is 0 Å². The Kier molecular flexibility index (Phi) is 3.87. The Morgan fingerprint density at radius 2 is 2.21 bits per heavy atom. The third-order valence-corrected chi connectivity index (χ3v) is 4.70. The van der Waals surface area contributed by atoms with Gasteiger partial charge in [0.05, 0.1) is 10.9 Å². The summed E-state index contributed by atoms with van der Waals surface area (Å²) >= 11 is 1.82. The van der Waals surface area contributed by atoms with E-state index < -0.39 is 0 Å². The summed E-state index contributed by atoms with van der Waals surface area (Å²) in [6.45, 7) is 2.98. The SMILES string of the molecule is CC(SN1C=CC=NC1)c1nccc2c1CCCC2. The van der Waals surface area contributed by atoms with Crippen LogP contribution in [0, 0.1) is 0 Å². The highest BCUT2D eigenvalue weighted by Crippen LogP contribution is 2.35. The van der Waals surface area contributed by atoms with E-state index in [1.165, 1.54) is 42.5 Å². The van der Waals surface area contributed by atoms with Crippen LogP contribution >= 0.6 is 11.9 Å². The monoisotopic (exact) mass is 273 g/mol. The molecule has 1 aromatic rings. The van der Waals surface area contributed by atoms with Gasteiger partial charge in [0.2, 0.25) is 0 Å². The summed E-state index contributed by atoms with van der Waals surface area (Å²) < 4.78 is 2.18. The molecule has 1 aromatic heterocycles. The molecule has 19 heavy (non-hydrogen) atoms. The third-order valence-electron chi connectivity index (χ3n) is 3.65. The smallest absolute Gasteiger partial charge is 0.120 e. The van der Waals surface area contributed by atoms with Gasteiger partial charge in [-0.15, -0.1) is 0 Å². The Morgan fingerprint density at radius 3 is 3.05 bits per heavy atom. The van der Waals surface area contributed by atoms with Gasteiger partial charge in [-0.2, -0.15) is 0 Å². The number of fused-ring (bicyclic) bond motifs is 1. The Bertz CT molecular complexity index is 510. The summed E-state index contributed by atoms with van der Waals surface area (Å²) in [5, 5.41) is 0.381. The Morgan fingerprint density at radius 1 is 1.32 bits per heavy atom. The van der Waals surface area contributed by atoms with Gasteiger partial charge in [-0.1, -0.05) is 0 Å². The standard InChI is InChI=1S/C15H19N3S/c1-12(19-18-10-4-8-16-11-18)15-14-6-3-2-5-13(14)7-9-17-15/h4,7-10,12H,2-3,5-6,11H2,1H3. The molecule has 0 saturated carbocycles. The van der Waals surface area contributed by atoms with Gasteiger partial charge in [0.25, 0.3) is 0 Å². The lowest BCUT2D eigenvalue weighted by Gasteiger charge is -2.25. The van der Waals surface area contributed by atoms with Crippen LogP contribution in [-0.2, 0) is 12.8 Å². The van der Waals surface area contributed by atoms with Crippen molar-refractivity contribution in [2.45, 2.75) is 37.9 Å². The Hall–Kier alpha value is -1.29. The molecule has 0 bridgehead atoms. The van der Waals surface area contributed by atoms with Crippen molar-refractivity contribution in [3.05, 3.63) is 41.4 Å². The van der Waals surface area contributed by atoms with Crippen molar-refractivity contribution >= 4 is 18.2 Å². The number of hydrogen-bond donors (Lipinski definition) is 0. The summed E-state index contributed by atoms with van der Waals surface area (Å²) in [5.41, 5.74) is 4.28. The molecular formula is C15H19N3S. The minimum atomic E-state index is 0.381. The van der Waals surface area contributed by atoms with Gasteiger partial charge >= 0.3 is 0 Å². The minimum Gasteiger partial charge on any atom is -0.302 e. The quantitative estimate of drug-likeness (QED) is 0.789. The van der Waals surface area contributed by atoms with E-state index in [-0.39, 0.29) is 0 Å². The molecule has 0 spiro atoms. The number of pyridine rings is 1. The molecule has 2 heterocycles. The second-order valence-electron chi connectivity index (χ2n) is 5.02. The largest absolute Gasteiger partial charge is 0.302 e. The molecule has 100 valence electrons. The average Bonchev–Trinajstić information content (AvgIpc) is 2.47. The molecule has 1 aliphatic carbocycles. The van der Waals surface area contributed by atoms with Crippen molar-refractivity contribution in [2.24, 2.45) is 4.99 Å². The highest BCUT2D eigenvalue weighted by Gasteiger charge is 2.20. The van der Waals surface area contributed by atoms with E-state index in [9.17, 15) is 0 Å². The second-order valence-corrected chi connectivity index (χ2v) is 6.41. The molecule has 0 fully saturated rings.